The van der Waals surface area contributed by atoms with Gasteiger partial charge in [-0.3, -0.25) is 0 Å². The second-order valence-corrected chi connectivity index (χ2v) is 4.35. The Morgan fingerprint density at radius 2 is 2.11 bits per heavy atom. The van der Waals surface area contributed by atoms with Crippen LogP contribution in [0.5, 0.6) is 5.75 Å². The monoisotopic (exact) mass is 298 g/mol. The number of nitrogens with one attached hydrogen (secondary N) is 1. The van der Waals surface area contributed by atoms with Crippen LogP contribution in [-0.2, 0) is 6.54 Å². The molecule has 2 rings (SSSR count). The molecular weight excluding hydrogens is 287 g/mol. The molecule has 0 radical (unpaired) electrons. The van der Waals surface area contributed by atoms with Crippen molar-refractivity contribution >= 4 is 29.0 Å². The van der Waals surface area contributed by atoms with Crippen LogP contribution in [0, 0.1) is 0 Å². The van der Waals surface area contributed by atoms with E-state index in [0.717, 1.165) is 11.3 Å². The summed E-state index contributed by atoms with van der Waals surface area (Å²) in [6.45, 7) is 3.11. The van der Waals surface area contributed by atoms with Crippen molar-refractivity contribution in [3.05, 3.63) is 40.3 Å². The molecule has 0 amide bonds. The summed E-state index contributed by atoms with van der Waals surface area (Å²) in [5.74, 6) is 1.23. The lowest BCUT2D eigenvalue weighted by atomic mass is 10.2. The molecule has 1 aromatic heterocycles. The SMILES string of the molecule is CCOc1cccc(CNc2nc(Cl)nnc2Cl)c1. The van der Waals surface area contributed by atoms with Crippen molar-refractivity contribution in [2.75, 3.05) is 11.9 Å². The minimum Gasteiger partial charge on any atom is -0.494 e. The van der Waals surface area contributed by atoms with Crippen molar-refractivity contribution in [1.82, 2.24) is 15.2 Å². The third-order valence-electron chi connectivity index (χ3n) is 2.29. The molecule has 0 aliphatic heterocycles. The highest BCUT2D eigenvalue weighted by molar-refractivity contribution is 6.32. The first kappa shape index (κ1) is 13.8. The Bertz CT molecular complexity index is 565. The number of anilines is 1. The van der Waals surface area contributed by atoms with Gasteiger partial charge in [-0.1, -0.05) is 23.7 Å². The van der Waals surface area contributed by atoms with Gasteiger partial charge in [-0.15, -0.1) is 10.2 Å². The fourth-order valence-electron chi connectivity index (χ4n) is 1.50. The maximum atomic E-state index is 5.86. The number of aromatic nitrogens is 3. The van der Waals surface area contributed by atoms with Gasteiger partial charge in [0, 0.05) is 6.54 Å². The molecule has 0 unspecified atom stereocenters. The number of hydrogen-bond donors (Lipinski definition) is 1. The van der Waals surface area contributed by atoms with E-state index in [1.807, 2.05) is 31.2 Å². The van der Waals surface area contributed by atoms with Crippen LogP contribution in [0.1, 0.15) is 12.5 Å². The van der Waals surface area contributed by atoms with E-state index >= 15 is 0 Å². The molecule has 0 atom stereocenters. The van der Waals surface area contributed by atoms with Gasteiger partial charge in [0.1, 0.15) is 5.75 Å². The van der Waals surface area contributed by atoms with Gasteiger partial charge in [-0.2, -0.15) is 4.98 Å². The van der Waals surface area contributed by atoms with E-state index in [-0.39, 0.29) is 10.4 Å². The highest BCUT2D eigenvalue weighted by Gasteiger charge is 2.05. The molecule has 1 heterocycles. The molecule has 19 heavy (non-hydrogen) atoms. The van der Waals surface area contributed by atoms with Crippen molar-refractivity contribution in [2.45, 2.75) is 13.5 Å². The summed E-state index contributed by atoms with van der Waals surface area (Å²) in [5.41, 5.74) is 1.04. The molecule has 1 N–H and O–H groups in total. The van der Waals surface area contributed by atoms with Crippen LogP contribution >= 0.6 is 23.2 Å². The van der Waals surface area contributed by atoms with E-state index in [4.69, 9.17) is 27.9 Å². The zero-order valence-corrected chi connectivity index (χ0v) is 11.7. The maximum Gasteiger partial charge on any atom is 0.245 e. The molecule has 5 nitrogen and oxygen atoms in total. The number of hydrogen-bond acceptors (Lipinski definition) is 5. The van der Waals surface area contributed by atoms with Gasteiger partial charge in [-0.05, 0) is 36.2 Å². The van der Waals surface area contributed by atoms with Crippen molar-refractivity contribution in [3.63, 3.8) is 0 Å². The number of ether oxygens (including phenoxy) is 1. The Morgan fingerprint density at radius 3 is 2.89 bits per heavy atom. The third-order valence-corrected chi connectivity index (χ3v) is 2.70. The first-order valence-corrected chi connectivity index (χ1v) is 6.46. The van der Waals surface area contributed by atoms with Crippen molar-refractivity contribution in [1.29, 1.82) is 0 Å². The molecule has 100 valence electrons. The van der Waals surface area contributed by atoms with Gasteiger partial charge >= 0.3 is 0 Å². The highest BCUT2D eigenvalue weighted by atomic mass is 35.5. The van der Waals surface area contributed by atoms with Crippen LogP contribution in [0.2, 0.25) is 10.4 Å². The lowest BCUT2D eigenvalue weighted by Gasteiger charge is -2.08. The highest BCUT2D eigenvalue weighted by Crippen LogP contribution is 2.19. The molecule has 0 bridgehead atoms. The third kappa shape index (κ3) is 3.94. The van der Waals surface area contributed by atoms with E-state index in [2.05, 4.69) is 20.5 Å². The summed E-state index contributed by atoms with van der Waals surface area (Å²) in [6.07, 6.45) is 0. The summed E-state index contributed by atoms with van der Waals surface area (Å²) in [6, 6.07) is 7.75. The van der Waals surface area contributed by atoms with Gasteiger partial charge in [0.25, 0.3) is 0 Å². The van der Waals surface area contributed by atoms with Gasteiger partial charge < -0.3 is 10.1 Å². The standard InChI is InChI=1S/C12H12Cl2N4O/c1-2-19-9-5-3-4-8(6-9)7-15-11-10(13)17-18-12(14)16-11/h3-6H,2,7H2,1H3,(H,15,16,18). The van der Waals surface area contributed by atoms with E-state index in [1.54, 1.807) is 0 Å². The van der Waals surface area contributed by atoms with Crippen LogP contribution in [0.4, 0.5) is 5.82 Å². The first-order chi connectivity index (χ1) is 9.19. The zero-order valence-electron chi connectivity index (χ0n) is 10.2. The van der Waals surface area contributed by atoms with Crippen LogP contribution in [0.25, 0.3) is 0 Å². The second-order valence-electron chi connectivity index (χ2n) is 3.65. The van der Waals surface area contributed by atoms with Gasteiger partial charge in [0.2, 0.25) is 5.28 Å². The van der Waals surface area contributed by atoms with E-state index in [1.165, 1.54) is 0 Å². The number of rotatable bonds is 5. The molecule has 7 heteroatoms. The van der Waals surface area contributed by atoms with Crippen LogP contribution in [0.3, 0.4) is 0 Å². The molecule has 1 aromatic carbocycles. The molecule has 0 aliphatic carbocycles. The number of benzene rings is 1. The largest absolute Gasteiger partial charge is 0.494 e. The van der Waals surface area contributed by atoms with E-state index in [9.17, 15) is 0 Å². The number of nitrogens with zero attached hydrogens (tertiary/aromatic N) is 3. The summed E-state index contributed by atoms with van der Waals surface area (Å²) in [7, 11) is 0. The molecule has 0 aliphatic rings. The maximum absolute atomic E-state index is 5.86. The smallest absolute Gasteiger partial charge is 0.245 e. The molecule has 0 fully saturated rings. The fourth-order valence-corrected chi connectivity index (χ4v) is 1.77. The van der Waals surface area contributed by atoms with E-state index < -0.39 is 0 Å². The van der Waals surface area contributed by atoms with Crippen molar-refractivity contribution < 1.29 is 4.74 Å². The second kappa shape index (κ2) is 6.54. The van der Waals surface area contributed by atoms with Gasteiger partial charge in [-0.25, -0.2) is 0 Å². The average Bonchev–Trinajstić information content (AvgIpc) is 2.41. The quantitative estimate of drug-likeness (QED) is 0.918. The topological polar surface area (TPSA) is 59.9 Å². The lowest BCUT2D eigenvalue weighted by Crippen LogP contribution is -2.04. The molecule has 0 saturated heterocycles. The van der Waals surface area contributed by atoms with Crippen LogP contribution in [0.15, 0.2) is 24.3 Å². The van der Waals surface area contributed by atoms with E-state index in [0.29, 0.717) is 19.0 Å². The van der Waals surface area contributed by atoms with Crippen molar-refractivity contribution in [2.24, 2.45) is 0 Å². The molecule has 0 saturated carbocycles. The van der Waals surface area contributed by atoms with Crippen LogP contribution in [-0.4, -0.2) is 21.8 Å². The van der Waals surface area contributed by atoms with Crippen molar-refractivity contribution in [3.8, 4) is 5.75 Å². The summed E-state index contributed by atoms with van der Waals surface area (Å²) in [5, 5.41) is 10.5. The predicted octanol–water partition coefficient (Wildman–Crippen LogP) is 3.19. The van der Waals surface area contributed by atoms with Gasteiger partial charge in [0.15, 0.2) is 11.0 Å². The van der Waals surface area contributed by atoms with Crippen LogP contribution < -0.4 is 10.1 Å². The Hall–Kier alpha value is -1.59. The Balaban J connectivity index is 2.05. The average molecular weight is 299 g/mol. The number of halogens is 2. The summed E-state index contributed by atoms with van der Waals surface area (Å²) >= 11 is 11.5. The normalized spacial score (nSPS) is 10.3. The summed E-state index contributed by atoms with van der Waals surface area (Å²) in [4.78, 5) is 3.96. The fraction of sp³-hybridized carbons (Fsp3) is 0.250. The Morgan fingerprint density at radius 1 is 1.26 bits per heavy atom. The molecular formula is C12H12Cl2N4O. The minimum atomic E-state index is 0.0509. The first-order valence-electron chi connectivity index (χ1n) is 5.70. The predicted molar refractivity (Wildman–Crippen MR) is 74.8 cm³/mol. The minimum absolute atomic E-state index is 0.0509. The zero-order chi connectivity index (χ0) is 13.7. The Kier molecular flexibility index (Phi) is 4.76. The lowest BCUT2D eigenvalue weighted by molar-refractivity contribution is 0.340. The van der Waals surface area contributed by atoms with Gasteiger partial charge in [0.05, 0.1) is 6.61 Å². The molecule has 0 spiro atoms. The molecule has 2 aromatic rings. The summed E-state index contributed by atoms with van der Waals surface area (Å²) < 4.78 is 5.43. The Labute approximate surface area is 120 Å².